The Morgan fingerprint density at radius 3 is 2.83 bits per heavy atom. The SMILES string of the molecule is Cc1cc(N)nc(S[C@@H](C)C(=O)Nc2ccc3c(c2)CCC3)n1. The van der Waals surface area contributed by atoms with E-state index in [-0.39, 0.29) is 11.2 Å². The molecule has 0 saturated carbocycles. The molecule has 1 amide bonds. The monoisotopic (exact) mass is 328 g/mol. The molecule has 1 aromatic heterocycles. The maximum atomic E-state index is 12.4. The van der Waals surface area contributed by atoms with Crippen LogP contribution in [0.25, 0.3) is 0 Å². The maximum absolute atomic E-state index is 12.4. The molecule has 3 N–H and O–H groups in total. The van der Waals surface area contributed by atoms with Crippen molar-refractivity contribution >= 4 is 29.2 Å². The van der Waals surface area contributed by atoms with Crippen LogP contribution >= 0.6 is 11.8 Å². The third-order valence-electron chi connectivity index (χ3n) is 3.87. The molecular formula is C17H20N4OS. The largest absolute Gasteiger partial charge is 0.384 e. The number of hydrogen-bond acceptors (Lipinski definition) is 5. The number of aryl methyl sites for hydroxylation is 3. The van der Waals surface area contributed by atoms with Gasteiger partial charge in [0, 0.05) is 17.4 Å². The maximum Gasteiger partial charge on any atom is 0.237 e. The highest BCUT2D eigenvalue weighted by Gasteiger charge is 2.18. The van der Waals surface area contributed by atoms with Gasteiger partial charge in [-0.05, 0) is 56.4 Å². The fourth-order valence-electron chi connectivity index (χ4n) is 2.72. The number of anilines is 2. The topological polar surface area (TPSA) is 80.9 Å². The molecule has 0 saturated heterocycles. The van der Waals surface area contributed by atoms with Crippen molar-refractivity contribution in [3.63, 3.8) is 0 Å². The first-order chi connectivity index (χ1) is 11.0. The van der Waals surface area contributed by atoms with Gasteiger partial charge >= 0.3 is 0 Å². The second-order valence-corrected chi connectivity index (χ2v) is 7.11. The number of carbonyl (C=O) groups excluding carboxylic acids is 1. The lowest BCUT2D eigenvalue weighted by Crippen LogP contribution is -2.22. The van der Waals surface area contributed by atoms with E-state index in [1.165, 1.54) is 29.3 Å². The first-order valence-corrected chi connectivity index (χ1v) is 8.60. The zero-order chi connectivity index (χ0) is 16.4. The van der Waals surface area contributed by atoms with Crippen molar-refractivity contribution in [1.29, 1.82) is 0 Å². The number of nitrogens with one attached hydrogen (secondary N) is 1. The molecule has 1 aliphatic carbocycles. The Labute approximate surface area is 140 Å². The van der Waals surface area contributed by atoms with Gasteiger partial charge in [0.1, 0.15) is 5.82 Å². The summed E-state index contributed by atoms with van der Waals surface area (Å²) in [6.45, 7) is 3.70. The van der Waals surface area contributed by atoms with Gasteiger partial charge < -0.3 is 11.1 Å². The molecule has 0 bridgehead atoms. The molecular weight excluding hydrogens is 308 g/mol. The summed E-state index contributed by atoms with van der Waals surface area (Å²) in [4.78, 5) is 20.8. The van der Waals surface area contributed by atoms with Crippen LogP contribution in [0.15, 0.2) is 29.4 Å². The van der Waals surface area contributed by atoms with Gasteiger partial charge in [-0.3, -0.25) is 4.79 Å². The standard InChI is InChI=1S/C17H20N4OS/c1-10-8-15(18)21-17(19-10)23-11(2)16(22)20-14-7-6-12-4-3-5-13(12)9-14/h6-9,11H,3-5H2,1-2H3,(H,20,22)(H2,18,19,21)/t11-/m0/s1. The van der Waals surface area contributed by atoms with E-state index in [1.807, 2.05) is 19.9 Å². The van der Waals surface area contributed by atoms with Crippen molar-refractivity contribution in [2.24, 2.45) is 0 Å². The van der Waals surface area contributed by atoms with Crippen molar-refractivity contribution < 1.29 is 4.79 Å². The number of rotatable bonds is 4. The lowest BCUT2D eigenvalue weighted by molar-refractivity contribution is -0.115. The minimum atomic E-state index is -0.301. The van der Waals surface area contributed by atoms with E-state index in [0.29, 0.717) is 11.0 Å². The van der Waals surface area contributed by atoms with Gasteiger partial charge in [-0.15, -0.1) is 0 Å². The molecule has 0 aliphatic heterocycles. The fraction of sp³-hybridized carbons (Fsp3) is 0.353. The molecule has 120 valence electrons. The van der Waals surface area contributed by atoms with E-state index in [1.54, 1.807) is 6.07 Å². The van der Waals surface area contributed by atoms with E-state index in [2.05, 4.69) is 27.4 Å². The average Bonchev–Trinajstić information content (AvgIpc) is 2.93. The van der Waals surface area contributed by atoms with Crippen LogP contribution in [0.2, 0.25) is 0 Å². The highest BCUT2D eigenvalue weighted by molar-refractivity contribution is 8.00. The third-order valence-corrected chi connectivity index (χ3v) is 4.83. The second kappa shape index (κ2) is 6.58. The summed E-state index contributed by atoms with van der Waals surface area (Å²) in [6.07, 6.45) is 3.44. The molecule has 0 radical (unpaired) electrons. The van der Waals surface area contributed by atoms with E-state index in [9.17, 15) is 4.79 Å². The van der Waals surface area contributed by atoms with Crippen molar-refractivity contribution in [3.05, 3.63) is 41.1 Å². The first kappa shape index (κ1) is 15.8. The smallest absolute Gasteiger partial charge is 0.237 e. The van der Waals surface area contributed by atoms with E-state index in [0.717, 1.165) is 24.2 Å². The third kappa shape index (κ3) is 3.82. The summed E-state index contributed by atoms with van der Waals surface area (Å²) in [7, 11) is 0. The molecule has 0 unspecified atom stereocenters. The Hall–Kier alpha value is -2.08. The van der Waals surface area contributed by atoms with Crippen LogP contribution in [-0.2, 0) is 17.6 Å². The molecule has 0 spiro atoms. The highest BCUT2D eigenvalue weighted by atomic mass is 32.2. The summed E-state index contributed by atoms with van der Waals surface area (Å²) < 4.78 is 0. The van der Waals surface area contributed by atoms with Crippen molar-refractivity contribution in [2.75, 3.05) is 11.1 Å². The van der Waals surface area contributed by atoms with Crippen molar-refractivity contribution in [3.8, 4) is 0 Å². The number of nitrogen functional groups attached to an aromatic ring is 1. The van der Waals surface area contributed by atoms with Crippen molar-refractivity contribution in [2.45, 2.75) is 43.5 Å². The summed E-state index contributed by atoms with van der Waals surface area (Å²) in [5.41, 5.74) is 10.1. The number of nitrogens with two attached hydrogens (primary N) is 1. The second-order valence-electron chi connectivity index (χ2n) is 5.80. The number of thioether (sulfide) groups is 1. The molecule has 1 atom stereocenters. The Balaban J connectivity index is 1.65. The summed E-state index contributed by atoms with van der Waals surface area (Å²) in [5, 5.41) is 3.20. The molecule has 1 aromatic carbocycles. The molecule has 0 fully saturated rings. The van der Waals surface area contributed by atoms with Crippen LogP contribution < -0.4 is 11.1 Å². The molecule has 5 nitrogen and oxygen atoms in total. The predicted molar refractivity (Wildman–Crippen MR) is 93.6 cm³/mol. The normalized spacial score (nSPS) is 14.3. The molecule has 23 heavy (non-hydrogen) atoms. The Kier molecular flexibility index (Phi) is 4.52. The highest BCUT2D eigenvalue weighted by Crippen LogP contribution is 2.26. The van der Waals surface area contributed by atoms with E-state index in [4.69, 9.17) is 5.73 Å². The number of hydrogen-bond donors (Lipinski definition) is 2. The number of fused-ring (bicyclic) bond motifs is 1. The lowest BCUT2D eigenvalue weighted by atomic mass is 10.1. The van der Waals surface area contributed by atoms with Crippen molar-refractivity contribution in [1.82, 2.24) is 9.97 Å². The van der Waals surface area contributed by atoms with Gasteiger partial charge in [-0.1, -0.05) is 17.8 Å². The Morgan fingerprint density at radius 1 is 1.26 bits per heavy atom. The Morgan fingerprint density at radius 2 is 2.04 bits per heavy atom. The average molecular weight is 328 g/mol. The van der Waals surface area contributed by atoms with Gasteiger partial charge in [0.05, 0.1) is 5.25 Å². The minimum Gasteiger partial charge on any atom is -0.384 e. The molecule has 3 rings (SSSR count). The summed E-state index contributed by atoms with van der Waals surface area (Å²) in [6, 6.07) is 7.87. The number of benzene rings is 1. The zero-order valence-electron chi connectivity index (χ0n) is 13.3. The van der Waals surface area contributed by atoms with E-state index < -0.39 is 0 Å². The van der Waals surface area contributed by atoms with Crippen LogP contribution in [0.1, 0.15) is 30.2 Å². The van der Waals surface area contributed by atoms with Gasteiger partial charge in [0.15, 0.2) is 5.16 Å². The number of aromatic nitrogens is 2. The number of amides is 1. The quantitative estimate of drug-likeness (QED) is 0.666. The minimum absolute atomic E-state index is 0.0587. The van der Waals surface area contributed by atoms with Gasteiger partial charge in [-0.25, -0.2) is 9.97 Å². The van der Waals surface area contributed by atoms with E-state index >= 15 is 0 Å². The molecule has 1 aliphatic rings. The van der Waals surface area contributed by atoms with Crippen LogP contribution in [0.5, 0.6) is 0 Å². The first-order valence-electron chi connectivity index (χ1n) is 7.72. The predicted octanol–water partition coefficient (Wildman–Crippen LogP) is 2.98. The number of carbonyl (C=O) groups is 1. The lowest BCUT2D eigenvalue weighted by Gasteiger charge is -2.12. The zero-order valence-corrected chi connectivity index (χ0v) is 14.1. The summed E-state index contributed by atoms with van der Waals surface area (Å²) in [5.74, 6) is 0.364. The summed E-state index contributed by atoms with van der Waals surface area (Å²) >= 11 is 1.31. The van der Waals surface area contributed by atoms with Crippen LogP contribution in [0, 0.1) is 6.92 Å². The Bertz CT molecular complexity index is 727. The van der Waals surface area contributed by atoms with Gasteiger partial charge in [0.25, 0.3) is 0 Å². The van der Waals surface area contributed by atoms with Gasteiger partial charge in [-0.2, -0.15) is 0 Å². The fourth-order valence-corrected chi connectivity index (χ4v) is 3.56. The van der Waals surface area contributed by atoms with Crippen LogP contribution in [0.4, 0.5) is 11.5 Å². The molecule has 1 heterocycles. The molecule has 6 heteroatoms. The number of nitrogens with zero attached hydrogens (tertiary/aromatic N) is 2. The van der Waals surface area contributed by atoms with Gasteiger partial charge in [0.2, 0.25) is 5.91 Å². The van der Waals surface area contributed by atoms with Crippen LogP contribution in [0.3, 0.4) is 0 Å². The molecule has 2 aromatic rings. The van der Waals surface area contributed by atoms with Crippen LogP contribution in [-0.4, -0.2) is 21.1 Å².